The van der Waals surface area contributed by atoms with Gasteiger partial charge in [0.25, 0.3) is 5.56 Å². The quantitative estimate of drug-likeness (QED) is 0.181. The molecule has 3 aromatic carbocycles. The zero-order valence-electron chi connectivity index (χ0n) is 25.0. The van der Waals surface area contributed by atoms with Gasteiger partial charge in [0.15, 0.2) is 27.8 Å². The van der Waals surface area contributed by atoms with Gasteiger partial charge in [-0.25, -0.2) is 9.79 Å². The fourth-order valence-electron chi connectivity index (χ4n) is 4.88. The summed E-state index contributed by atoms with van der Waals surface area (Å²) in [5.41, 5.74) is 2.15. The maximum Gasteiger partial charge on any atom is 0.337 e. The van der Waals surface area contributed by atoms with Crippen molar-refractivity contribution in [3.63, 3.8) is 0 Å². The molecule has 9 nitrogen and oxygen atoms in total. The summed E-state index contributed by atoms with van der Waals surface area (Å²) in [6.45, 7) is 4.91. The molecular formula is C33H30BrClN2O7S. The monoisotopic (exact) mass is 712 g/mol. The molecule has 1 aliphatic rings. The van der Waals surface area contributed by atoms with Gasteiger partial charge < -0.3 is 23.7 Å². The second-order valence-corrected chi connectivity index (χ2v) is 12.0. The Morgan fingerprint density at radius 1 is 1.02 bits per heavy atom. The molecule has 1 aliphatic heterocycles. The average molecular weight is 714 g/mol. The lowest BCUT2D eigenvalue weighted by molar-refractivity contribution is -0.136. The predicted molar refractivity (Wildman–Crippen MR) is 176 cm³/mol. The van der Waals surface area contributed by atoms with Crippen molar-refractivity contribution in [3.05, 3.63) is 112 Å². The van der Waals surface area contributed by atoms with Crippen LogP contribution in [0.15, 0.2) is 80.6 Å². The van der Waals surface area contributed by atoms with Crippen LogP contribution in [-0.4, -0.2) is 38.0 Å². The molecule has 1 atom stereocenters. The lowest BCUT2D eigenvalue weighted by atomic mass is 9.97. The summed E-state index contributed by atoms with van der Waals surface area (Å²) in [4.78, 5) is 31.8. The second-order valence-electron chi connectivity index (χ2n) is 9.70. The molecule has 0 amide bonds. The minimum atomic E-state index is -0.797. The van der Waals surface area contributed by atoms with Crippen LogP contribution in [0.1, 0.15) is 36.6 Å². The SMILES string of the molecule is CCOc1ccc([C@@H]2C(C(=O)OC)=CN=c3s/c(=C/c4cc(Br)c(OCc5cccc(Cl)c5)c(OC)c4)c(=O)n32)cc1OCC. The minimum absolute atomic E-state index is 0.216. The van der Waals surface area contributed by atoms with E-state index >= 15 is 0 Å². The third-order valence-corrected chi connectivity index (χ3v) is 8.65. The van der Waals surface area contributed by atoms with Crippen molar-refractivity contribution >= 4 is 50.9 Å². The van der Waals surface area contributed by atoms with E-state index < -0.39 is 12.0 Å². The number of hydrogen-bond donors (Lipinski definition) is 0. The number of ether oxygens (including phenoxy) is 5. The summed E-state index contributed by atoms with van der Waals surface area (Å²) < 4.78 is 30.9. The number of hydrogen-bond acceptors (Lipinski definition) is 9. The molecule has 0 radical (unpaired) electrons. The summed E-state index contributed by atoms with van der Waals surface area (Å²) in [5.74, 6) is 1.48. The fourth-order valence-corrected chi connectivity index (χ4v) is 6.64. The number of fused-ring (bicyclic) bond motifs is 1. The molecule has 0 saturated carbocycles. The van der Waals surface area contributed by atoms with Crippen molar-refractivity contribution in [2.45, 2.75) is 26.5 Å². The third kappa shape index (κ3) is 6.95. The van der Waals surface area contributed by atoms with Crippen molar-refractivity contribution in [2.75, 3.05) is 27.4 Å². The van der Waals surface area contributed by atoms with E-state index in [-0.39, 0.29) is 17.7 Å². The van der Waals surface area contributed by atoms with Gasteiger partial charge in [-0.15, -0.1) is 0 Å². The van der Waals surface area contributed by atoms with Gasteiger partial charge in [0, 0.05) is 11.2 Å². The number of rotatable bonds is 11. The highest BCUT2D eigenvalue weighted by atomic mass is 79.9. The first-order valence-electron chi connectivity index (χ1n) is 14.0. The normalized spacial score (nSPS) is 14.2. The van der Waals surface area contributed by atoms with Gasteiger partial charge in [0.2, 0.25) is 0 Å². The van der Waals surface area contributed by atoms with Crippen molar-refractivity contribution in [1.29, 1.82) is 0 Å². The molecule has 0 saturated heterocycles. The van der Waals surface area contributed by atoms with Crippen LogP contribution in [0.25, 0.3) is 6.08 Å². The maximum absolute atomic E-state index is 14.0. The van der Waals surface area contributed by atoms with Crippen LogP contribution in [0, 0.1) is 0 Å². The van der Waals surface area contributed by atoms with Crippen LogP contribution >= 0.6 is 38.9 Å². The molecule has 0 unspecified atom stereocenters. The van der Waals surface area contributed by atoms with Crippen molar-refractivity contribution in [3.8, 4) is 23.0 Å². The van der Waals surface area contributed by atoms with Crippen LogP contribution in [0.2, 0.25) is 5.02 Å². The molecule has 0 bridgehead atoms. The Labute approximate surface area is 277 Å². The fraction of sp³-hybridized carbons (Fsp3) is 0.242. The molecule has 2 heterocycles. The van der Waals surface area contributed by atoms with Crippen LogP contribution in [0.4, 0.5) is 0 Å². The summed E-state index contributed by atoms with van der Waals surface area (Å²) in [6.07, 6.45) is 3.20. The van der Waals surface area contributed by atoms with Gasteiger partial charge in [-0.05, 0) is 88.9 Å². The van der Waals surface area contributed by atoms with E-state index in [4.69, 9.17) is 35.3 Å². The van der Waals surface area contributed by atoms with Gasteiger partial charge in [-0.3, -0.25) is 9.36 Å². The van der Waals surface area contributed by atoms with Gasteiger partial charge in [0.05, 0.1) is 48.1 Å². The summed E-state index contributed by atoms with van der Waals surface area (Å²) in [7, 11) is 2.84. The predicted octanol–water partition coefficient (Wildman–Crippen LogP) is 5.82. The summed E-state index contributed by atoms with van der Waals surface area (Å²) in [6, 6.07) is 15.6. The average Bonchev–Trinajstić information content (AvgIpc) is 3.35. The van der Waals surface area contributed by atoms with E-state index in [0.29, 0.717) is 66.2 Å². The Morgan fingerprint density at radius 3 is 2.51 bits per heavy atom. The Bertz CT molecular complexity index is 1950. The van der Waals surface area contributed by atoms with Gasteiger partial charge in [-0.1, -0.05) is 41.1 Å². The topological polar surface area (TPSA) is 97.6 Å². The Hall–Kier alpha value is -4.06. The Morgan fingerprint density at radius 2 is 1.80 bits per heavy atom. The zero-order chi connectivity index (χ0) is 32.1. The van der Waals surface area contributed by atoms with E-state index in [0.717, 1.165) is 5.56 Å². The Kier molecular flexibility index (Phi) is 10.3. The molecule has 12 heteroatoms. The number of thiazole rings is 1. The minimum Gasteiger partial charge on any atom is -0.493 e. The first kappa shape index (κ1) is 32.3. The highest BCUT2D eigenvalue weighted by Gasteiger charge is 2.31. The number of halogens is 2. The molecule has 0 aliphatic carbocycles. The van der Waals surface area contributed by atoms with E-state index in [9.17, 15) is 9.59 Å². The first-order valence-corrected chi connectivity index (χ1v) is 16.0. The van der Waals surface area contributed by atoms with Crippen molar-refractivity contribution in [2.24, 2.45) is 4.99 Å². The van der Waals surface area contributed by atoms with Crippen LogP contribution in [0.5, 0.6) is 23.0 Å². The number of carbonyl (C=O) groups excluding carboxylic acids is 1. The van der Waals surface area contributed by atoms with Gasteiger partial charge in [0.1, 0.15) is 6.61 Å². The third-order valence-electron chi connectivity index (χ3n) is 6.83. The largest absolute Gasteiger partial charge is 0.493 e. The smallest absolute Gasteiger partial charge is 0.337 e. The zero-order valence-corrected chi connectivity index (χ0v) is 28.1. The molecule has 5 rings (SSSR count). The lowest BCUT2D eigenvalue weighted by Crippen LogP contribution is -2.39. The van der Waals surface area contributed by atoms with Gasteiger partial charge >= 0.3 is 5.97 Å². The highest BCUT2D eigenvalue weighted by molar-refractivity contribution is 9.10. The van der Waals surface area contributed by atoms with Crippen LogP contribution in [0.3, 0.4) is 0 Å². The Balaban J connectivity index is 1.56. The molecule has 45 heavy (non-hydrogen) atoms. The first-order chi connectivity index (χ1) is 21.8. The van der Waals surface area contributed by atoms with Crippen molar-refractivity contribution < 1.29 is 28.5 Å². The van der Waals surface area contributed by atoms with Crippen molar-refractivity contribution in [1.82, 2.24) is 4.57 Å². The second kappa shape index (κ2) is 14.4. The number of carbonyl (C=O) groups is 1. The summed E-state index contributed by atoms with van der Waals surface area (Å²) >= 11 is 10.9. The molecule has 0 spiro atoms. The summed E-state index contributed by atoms with van der Waals surface area (Å²) in [5, 5.41) is 0.622. The number of methoxy groups -OCH3 is 2. The lowest BCUT2D eigenvalue weighted by Gasteiger charge is -2.23. The number of nitrogens with zero attached hydrogens (tertiary/aromatic N) is 2. The van der Waals surface area contributed by atoms with E-state index in [1.54, 1.807) is 37.5 Å². The molecule has 234 valence electrons. The highest BCUT2D eigenvalue weighted by Crippen LogP contribution is 2.38. The molecular weight excluding hydrogens is 684 g/mol. The number of esters is 1. The number of benzene rings is 3. The van der Waals surface area contributed by atoms with E-state index in [1.807, 2.05) is 44.2 Å². The maximum atomic E-state index is 14.0. The molecule has 4 aromatic rings. The van der Waals surface area contributed by atoms with Crippen LogP contribution in [-0.2, 0) is 16.1 Å². The standard InChI is InChI=1S/C33H30BrClN2O7S/c1-5-42-25-11-10-21(16-26(25)43-6-2)29-23(32(39)41-4)17-36-33-37(29)31(38)28(45-33)15-20-13-24(34)30(27(14-20)40-3)44-18-19-8-7-9-22(35)12-19/h7-17,29H,5-6,18H2,1-4H3/b28-15+/t29-/m1/s1. The number of aromatic nitrogens is 1. The van der Waals surface area contributed by atoms with E-state index in [2.05, 4.69) is 20.9 Å². The molecule has 1 aromatic heterocycles. The van der Waals surface area contributed by atoms with E-state index in [1.165, 1.54) is 29.2 Å². The molecule has 0 fully saturated rings. The molecule has 0 N–H and O–H groups in total. The van der Waals surface area contributed by atoms with Gasteiger partial charge in [-0.2, -0.15) is 0 Å². The van der Waals surface area contributed by atoms with Crippen LogP contribution < -0.4 is 33.8 Å².